The molecule has 0 atom stereocenters. The Kier molecular flexibility index (Phi) is 18.9. The van der Waals surface area contributed by atoms with E-state index in [0.29, 0.717) is 13.2 Å². The SMILES string of the molecule is C=C(CCCCCCCCCO)OC(=C)CCCCCCCCCO. The number of hydrogen-bond acceptors (Lipinski definition) is 3. The smallest absolute Gasteiger partial charge is 0.0964 e. The zero-order chi connectivity index (χ0) is 18.6. The predicted octanol–water partition coefficient (Wildman–Crippen LogP) is 6.26. The molecule has 2 N–H and O–H groups in total. The van der Waals surface area contributed by atoms with Crippen LogP contribution in [0, 0.1) is 0 Å². The predicted molar refractivity (Wildman–Crippen MR) is 107 cm³/mol. The van der Waals surface area contributed by atoms with Gasteiger partial charge in [0.15, 0.2) is 0 Å². The molecule has 0 aromatic carbocycles. The standard InChI is InChI=1S/C22H42O3/c1-21(17-13-9-5-3-7-11-15-19-23)25-22(2)18-14-10-6-4-8-12-16-20-24/h23-24H,1-20H2. The molecular weight excluding hydrogens is 312 g/mol. The van der Waals surface area contributed by atoms with Crippen molar-refractivity contribution in [2.24, 2.45) is 0 Å². The third-order valence-electron chi connectivity index (χ3n) is 4.52. The topological polar surface area (TPSA) is 49.7 Å². The molecule has 148 valence electrons. The quantitative estimate of drug-likeness (QED) is 0.200. The fourth-order valence-corrected chi connectivity index (χ4v) is 2.94. The monoisotopic (exact) mass is 354 g/mol. The van der Waals surface area contributed by atoms with Crippen LogP contribution < -0.4 is 0 Å². The summed E-state index contributed by atoms with van der Waals surface area (Å²) in [6, 6.07) is 0. The van der Waals surface area contributed by atoms with Gasteiger partial charge in [0.1, 0.15) is 0 Å². The van der Waals surface area contributed by atoms with Crippen LogP contribution in [-0.4, -0.2) is 23.4 Å². The second kappa shape index (κ2) is 19.5. The Bertz CT molecular complexity index is 282. The van der Waals surface area contributed by atoms with E-state index >= 15 is 0 Å². The van der Waals surface area contributed by atoms with Crippen LogP contribution >= 0.6 is 0 Å². The Hall–Kier alpha value is -0.800. The summed E-state index contributed by atoms with van der Waals surface area (Å²) in [6.07, 6.45) is 18.3. The van der Waals surface area contributed by atoms with Crippen molar-refractivity contribution in [3.05, 3.63) is 24.7 Å². The lowest BCUT2D eigenvalue weighted by Crippen LogP contribution is -1.93. The molecule has 0 aliphatic carbocycles. The molecular formula is C22H42O3. The number of unbranched alkanes of at least 4 members (excludes halogenated alkanes) is 12. The Morgan fingerprint density at radius 2 is 0.760 bits per heavy atom. The van der Waals surface area contributed by atoms with Gasteiger partial charge in [-0.2, -0.15) is 0 Å². The molecule has 0 spiro atoms. The van der Waals surface area contributed by atoms with Gasteiger partial charge in [0.05, 0.1) is 11.5 Å². The molecule has 3 nitrogen and oxygen atoms in total. The highest BCUT2D eigenvalue weighted by Crippen LogP contribution is 2.18. The number of ether oxygens (including phenoxy) is 1. The zero-order valence-electron chi connectivity index (χ0n) is 16.4. The van der Waals surface area contributed by atoms with E-state index in [1.165, 1.54) is 51.4 Å². The minimum absolute atomic E-state index is 0.325. The molecule has 0 saturated heterocycles. The van der Waals surface area contributed by atoms with Crippen molar-refractivity contribution in [1.29, 1.82) is 0 Å². The number of aliphatic hydroxyl groups excluding tert-OH is 2. The fraction of sp³-hybridized carbons (Fsp3) is 0.818. The van der Waals surface area contributed by atoms with E-state index in [1.807, 2.05) is 0 Å². The average Bonchev–Trinajstić information content (AvgIpc) is 2.59. The second-order valence-electron chi connectivity index (χ2n) is 7.08. The number of rotatable bonds is 20. The molecule has 3 heteroatoms. The first-order valence-electron chi connectivity index (χ1n) is 10.5. The fourth-order valence-electron chi connectivity index (χ4n) is 2.94. The maximum atomic E-state index is 8.72. The van der Waals surface area contributed by atoms with Crippen LogP contribution in [-0.2, 0) is 4.74 Å². The van der Waals surface area contributed by atoms with E-state index in [4.69, 9.17) is 14.9 Å². The van der Waals surface area contributed by atoms with Crippen LogP contribution in [0.1, 0.15) is 103 Å². The van der Waals surface area contributed by atoms with Crippen LogP contribution in [0.5, 0.6) is 0 Å². The van der Waals surface area contributed by atoms with Crippen LogP contribution in [0.4, 0.5) is 0 Å². The summed E-state index contributed by atoms with van der Waals surface area (Å²) in [7, 11) is 0. The number of hydrogen-bond donors (Lipinski definition) is 2. The third kappa shape index (κ3) is 19.4. The van der Waals surface area contributed by atoms with Crippen LogP contribution in [0.3, 0.4) is 0 Å². The van der Waals surface area contributed by atoms with E-state index in [0.717, 1.165) is 62.9 Å². The van der Waals surface area contributed by atoms with Crippen molar-refractivity contribution in [3.8, 4) is 0 Å². The lowest BCUT2D eigenvalue weighted by atomic mass is 10.1. The van der Waals surface area contributed by atoms with Crippen molar-refractivity contribution in [3.63, 3.8) is 0 Å². The van der Waals surface area contributed by atoms with Gasteiger partial charge in [-0.25, -0.2) is 0 Å². The van der Waals surface area contributed by atoms with Crippen molar-refractivity contribution in [1.82, 2.24) is 0 Å². The van der Waals surface area contributed by atoms with Gasteiger partial charge in [-0.05, 0) is 25.7 Å². The van der Waals surface area contributed by atoms with E-state index < -0.39 is 0 Å². The number of aliphatic hydroxyl groups is 2. The molecule has 0 fully saturated rings. The van der Waals surface area contributed by atoms with E-state index in [1.54, 1.807) is 0 Å². The van der Waals surface area contributed by atoms with Gasteiger partial charge in [0.2, 0.25) is 0 Å². The summed E-state index contributed by atoms with van der Waals surface area (Å²) in [6.45, 7) is 8.67. The van der Waals surface area contributed by atoms with Crippen LogP contribution in [0.2, 0.25) is 0 Å². The number of allylic oxidation sites excluding steroid dienone is 2. The Morgan fingerprint density at radius 1 is 0.480 bits per heavy atom. The van der Waals surface area contributed by atoms with E-state index in [2.05, 4.69) is 13.2 Å². The molecule has 0 aliphatic heterocycles. The molecule has 0 heterocycles. The molecule has 0 radical (unpaired) electrons. The van der Waals surface area contributed by atoms with Gasteiger partial charge in [-0.1, -0.05) is 77.4 Å². The van der Waals surface area contributed by atoms with Gasteiger partial charge in [-0.15, -0.1) is 0 Å². The molecule has 0 aliphatic rings. The van der Waals surface area contributed by atoms with Crippen molar-refractivity contribution in [2.75, 3.05) is 13.2 Å². The van der Waals surface area contributed by atoms with Crippen molar-refractivity contribution >= 4 is 0 Å². The first-order valence-corrected chi connectivity index (χ1v) is 10.5. The maximum absolute atomic E-state index is 8.72. The summed E-state index contributed by atoms with van der Waals surface area (Å²) in [4.78, 5) is 0. The summed E-state index contributed by atoms with van der Waals surface area (Å²) in [5, 5.41) is 17.4. The van der Waals surface area contributed by atoms with Gasteiger partial charge in [0.25, 0.3) is 0 Å². The highest BCUT2D eigenvalue weighted by Gasteiger charge is 2.01. The lowest BCUT2D eigenvalue weighted by Gasteiger charge is -2.11. The summed E-state index contributed by atoms with van der Waals surface area (Å²) < 4.78 is 5.73. The van der Waals surface area contributed by atoms with E-state index in [9.17, 15) is 0 Å². The van der Waals surface area contributed by atoms with Crippen molar-refractivity contribution < 1.29 is 14.9 Å². The molecule has 25 heavy (non-hydrogen) atoms. The summed E-state index contributed by atoms with van der Waals surface area (Å²) >= 11 is 0. The first-order chi connectivity index (χ1) is 12.2. The first kappa shape index (κ1) is 24.2. The molecule has 0 aromatic rings. The van der Waals surface area contributed by atoms with Crippen LogP contribution in [0.15, 0.2) is 24.7 Å². The molecule has 0 rings (SSSR count). The maximum Gasteiger partial charge on any atom is 0.0964 e. The minimum atomic E-state index is 0.325. The van der Waals surface area contributed by atoms with Gasteiger partial charge in [-0.3, -0.25) is 0 Å². The second-order valence-corrected chi connectivity index (χ2v) is 7.08. The molecule has 0 aromatic heterocycles. The molecule has 0 saturated carbocycles. The molecule has 0 bridgehead atoms. The Balaban J connectivity index is 3.34. The van der Waals surface area contributed by atoms with Crippen LogP contribution in [0.25, 0.3) is 0 Å². The van der Waals surface area contributed by atoms with Gasteiger partial charge < -0.3 is 14.9 Å². The highest BCUT2D eigenvalue weighted by atomic mass is 16.5. The normalized spacial score (nSPS) is 10.8. The average molecular weight is 355 g/mol. The highest BCUT2D eigenvalue weighted by molar-refractivity contribution is 4.93. The van der Waals surface area contributed by atoms with E-state index in [-0.39, 0.29) is 0 Å². The summed E-state index contributed by atoms with van der Waals surface area (Å²) in [5.41, 5.74) is 0. The zero-order valence-corrected chi connectivity index (χ0v) is 16.4. The lowest BCUT2D eigenvalue weighted by molar-refractivity contribution is 0.273. The Morgan fingerprint density at radius 3 is 1.08 bits per heavy atom. The molecule has 0 amide bonds. The summed E-state index contributed by atoms with van der Waals surface area (Å²) in [5.74, 6) is 1.71. The van der Waals surface area contributed by atoms with Gasteiger partial charge in [0, 0.05) is 26.1 Å². The Labute approximate surface area is 156 Å². The minimum Gasteiger partial charge on any atom is -0.467 e. The molecule has 0 unspecified atom stereocenters. The third-order valence-corrected chi connectivity index (χ3v) is 4.52. The largest absolute Gasteiger partial charge is 0.467 e. The van der Waals surface area contributed by atoms with Gasteiger partial charge >= 0.3 is 0 Å². The van der Waals surface area contributed by atoms with Crippen molar-refractivity contribution in [2.45, 2.75) is 103 Å².